The normalized spacial score (nSPS) is 14.6. The number of carbonyl (C=O) groups excluding carboxylic acids is 1. The van der Waals surface area contributed by atoms with E-state index in [2.05, 4.69) is 32.8 Å². The van der Waals surface area contributed by atoms with Crippen molar-refractivity contribution in [1.29, 1.82) is 0 Å². The summed E-state index contributed by atoms with van der Waals surface area (Å²) < 4.78 is 0.931. The fourth-order valence-electron chi connectivity index (χ4n) is 2.90. The maximum Gasteiger partial charge on any atom is 0.256 e. The van der Waals surface area contributed by atoms with Gasteiger partial charge in [0.25, 0.3) is 5.91 Å². The van der Waals surface area contributed by atoms with Crippen molar-refractivity contribution < 1.29 is 4.79 Å². The molecular weight excluding hydrogens is 401 g/mol. The van der Waals surface area contributed by atoms with Gasteiger partial charge in [0.05, 0.1) is 16.9 Å². The van der Waals surface area contributed by atoms with Crippen LogP contribution >= 0.6 is 22.6 Å². The van der Waals surface area contributed by atoms with Crippen LogP contribution in [0.1, 0.15) is 29.6 Å². The summed E-state index contributed by atoms with van der Waals surface area (Å²) in [5, 5.41) is 2.93. The molecule has 0 radical (unpaired) electrons. The second-order valence-electron chi connectivity index (χ2n) is 5.76. The zero-order valence-corrected chi connectivity index (χ0v) is 15.0. The second-order valence-corrected chi connectivity index (χ2v) is 6.92. The number of nitrogens with two attached hydrogens (primary N) is 1. The number of hydrogen-bond acceptors (Lipinski definition) is 3. The molecule has 0 atom stereocenters. The summed E-state index contributed by atoms with van der Waals surface area (Å²) in [5.74, 6) is -0.111. The summed E-state index contributed by atoms with van der Waals surface area (Å²) in [4.78, 5) is 14.7. The molecule has 1 heterocycles. The van der Waals surface area contributed by atoms with Crippen LogP contribution in [0.4, 0.5) is 17.1 Å². The van der Waals surface area contributed by atoms with E-state index in [0.29, 0.717) is 11.3 Å². The lowest BCUT2D eigenvalue weighted by atomic mass is 10.1. The van der Waals surface area contributed by atoms with Gasteiger partial charge in [-0.2, -0.15) is 0 Å². The number of nitrogens with one attached hydrogen (secondary N) is 1. The Balaban J connectivity index is 1.75. The van der Waals surface area contributed by atoms with Crippen LogP contribution in [0.5, 0.6) is 0 Å². The van der Waals surface area contributed by atoms with Crippen LogP contribution in [0.15, 0.2) is 42.5 Å². The van der Waals surface area contributed by atoms with Crippen LogP contribution in [0.25, 0.3) is 0 Å². The predicted molar refractivity (Wildman–Crippen MR) is 104 cm³/mol. The summed E-state index contributed by atoms with van der Waals surface area (Å²) in [7, 11) is 0. The lowest BCUT2D eigenvalue weighted by Crippen LogP contribution is -2.30. The van der Waals surface area contributed by atoms with Crippen molar-refractivity contribution >= 4 is 45.6 Å². The highest BCUT2D eigenvalue weighted by Crippen LogP contribution is 2.29. The molecule has 2 aromatic carbocycles. The molecule has 2 aromatic rings. The minimum absolute atomic E-state index is 0.111. The second kappa shape index (κ2) is 7.21. The number of piperidine rings is 1. The van der Waals surface area contributed by atoms with Crippen LogP contribution in [0.2, 0.25) is 0 Å². The Morgan fingerprint density at radius 3 is 2.52 bits per heavy atom. The van der Waals surface area contributed by atoms with E-state index < -0.39 is 0 Å². The lowest BCUT2D eigenvalue weighted by Gasteiger charge is -2.30. The molecule has 120 valence electrons. The van der Waals surface area contributed by atoms with Crippen molar-refractivity contribution in [3.8, 4) is 0 Å². The first-order valence-electron chi connectivity index (χ1n) is 7.85. The largest absolute Gasteiger partial charge is 0.397 e. The third kappa shape index (κ3) is 3.77. The molecule has 5 heteroatoms. The van der Waals surface area contributed by atoms with Gasteiger partial charge in [-0.15, -0.1) is 0 Å². The minimum Gasteiger partial charge on any atom is -0.397 e. The standard InChI is InChI=1S/C18H20IN3O/c19-15-7-3-2-6-14(15)18(23)21-13-8-9-17(16(20)12-13)22-10-4-1-5-11-22/h2-3,6-9,12H,1,4-5,10-11,20H2,(H,21,23). The van der Waals surface area contributed by atoms with Crippen molar-refractivity contribution in [2.75, 3.05) is 29.0 Å². The number of nitrogen functional groups attached to an aromatic ring is 1. The van der Waals surface area contributed by atoms with E-state index in [1.807, 2.05) is 42.5 Å². The Morgan fingerprint density at radius 2 is 1.83 bits per heavy atom. The Bertz CT molecular complexity index is 711. The molecule has 1 aliphatic heterocycles. The lowest BCUT2D eigenvalue weighted by molar-refractivity contribution is 0.102. The van der Waals surface area contributed by atoms with E-state index in [9.17, 15) is 4.79 Å². The molecule has 0 bridgehead atoms. The molecule has 3 rings (SSSR count). The van der Waals surface area contributed by atoms with E-state index in [-0.39, 0.29) is 5.91 Å². The van der Waals surface area contributed by atoms with E-state index in [0.717, 1.165) is 28.0 Å². The average molecular weight is 421 g/mol. The molecule has 3 N–H and O–H groups in total. The summed E-state index contributed by atoms with van der Waals surface area (Å²) in [6.07, 6.45) is 3.72. The topological polar surface area (TPSA) is 58.4 Å². The van der Waals surface area contributed by atoms with Gasteiger partial charge in [0.1, 0.15) is 0 Å². The highest BCUT2D eigenvalue weighted by Gasteiger charge is 2.15. The van der Waals surface area contributed by atoms with Crippen LogP contribution in [0.3, 0.4) is 0 Å². The molecule has 4 nitrogen and oxygen atoms in total. The SMILES string of the molecule is Nc1cc(NC(=O)c2ccccc2I)ccc1N1CCCCC1. The Hall–Kier alpha value is -1.76. The average Bonchev–Trinajstić information content (AvgIpc) is 2.56. The van der Waals surface area contributed by atoms with Gasteiger partial charge in [-0.3, -0.25) is 4.79 Å². The van der Waals surface area contributed by atoms with E-state index in [4.69, 9.17) is 5.73 Å². The Kier molecular flexibility index (Phi) is 5.05. The van der Waals surface area contributed by atoms with Gasteiger partial charge < -0.3 is 16.0 Å². The number of carbonyl (C=O) groups is 1. The van der Waals surface area contributed by atoms with Gasteiger partial charge in [-0.05, 0) is 72.2 Å². The minimum atomic E-state index is -0.111. The monoisotopic (exact) mass is 421 g/mol. The van der Waals surface area contributed by atoms with Crippen molar-refractivity contribution in [3.05, 3.63) is 51.6 Å². The van der Waals surface area contributed by atoms with Crippen molar-refractivity contribution in [1.82, 2.24) is 0 Å². The fraction of sp³-hybridized carbons (Fsp3) is 0.278. The molecule has 0 aromatic heterocycles. The number of nitrogens with zero attached hydrogens (tertiary/aromatic N) is 1. The highest BCUT2D eigenvalue weighted by atomic mass is 127. The molecule has 0 aliphatic carbocycles. The number of anilines is 3. The number of halogens is 1. The molecule has 1 aliphatic rings. The molecule has 1 amide bonds. The zero-order valence-electron chi connectivity index (χ0n) is 12.9. The summed E-state index contributed by atoms with van der Waals surface area (Å²) in [6.45, 7) is 2.11. The molecule has 0 saturated carbocycles. The van der Waals surface area contributed by atoms with Crippen LogP contribution in [0, 0.1) is 3.57 Å². The van der Waals surface area contributed by atoms with Gasteiger partial charge in [-0.25, -0.2) is 0 Å². The first-order valence-corrected chi connectivity index (χ1v) is 8.93. The zero-order chi connectivity index (χ0) is 16.2. The van der Waals surface area contributed by atoms with Crippen molar-refractivity contribution in [2.24, 2.45) is 0 Å². The van der Waals surface area contributed by atoms with Crippen LogP contribution in [-0.2, 0) is 0 Å². The van der Waals surface area contributed by atoms with Gasteiger partial charge in [0.2, 0.25) is 0 Å². The van der Waals surface area contributed by atoms with E-state index in [1.165, 1.54) is 19.3 Å². The van der Waals surface area contributed by atoms with Crippen LogP contribution in [-0.4, -0.2) is 19.0 Å². The Morgan fingerprint density at radius 1 is 1.09 bits per heavy atom. The quantitative estimate of drug-likeness (QED) is 0.579. The van der Waals surface area contributed by atoms with E-state index in [1.54, 1.807) is 0 Å². The number of benzene rings is 2. The molecular formula is C18H20IN3O. The smallest absolute Gasteiger partial charge is 0.256 e. The first-order chi connectivity index (χ1) is 11.1. The Labute approximate surface area is 150 Å². The number of hydrogen-bond donors (Lipinski definition) is 2. The molecule has 1 saturated heterocycles. The maximum atomic E-state index is 12.4. The molecule has 23 heavy (non-hydrogen) atoms. The van der Waals surface area contributed by atoms with Crippen molar-refractivity contribution in [2.45, 2.75) is 19.3 Å². The third-order valence-corrected chi connectivity index (χ3v) is 5.04. The van der Waals surface area contributed by atoms with Gasteiger partial charge in [-0.1, -0.05) is 12.1 Å². The van der Waals surface area contributed by atoms with Crippen molar-refractivity contribution in [3.63, 3.8) is 0 Å². The fourth-order valence-corrected chi connectivity index (χ4v) is 3.53. The molecule has 0 spiro atoms. The first kappa shape index (κ1) is 16.1. The number of rotatable bonds is 3. The molecule has 1 fully saturated rings. The third-order valence-electron chi connectivity index (χ3n) is 4.10. The highest BCUT2D eigenvalue weighted by molar-refractivity contribution is 14.1. The summed E-state index contributed by atoms with van der Waals surface area (Å²) in [6, 6.07) is 13.3. The predicted octanol–water partition coefficient (Wildman–Crippen LogP) is 4.12. The van der Waals surface area contributed by atoms with E-state index >= 15 is 0 Å². The number of amides is 1. The van der Waals surface area contributed by atoms with Gasteiger partial charge in [0.15, 0.2) is 0 Å². The van der Waals surface area contributed by atoms with Crippen LogP contribution < -0.4 is 16.0 Å². The van der Waals surface area contributed by atoms with Gasteiger partial charge >= 0.3 is 0 Å². The summed E-state index contributed by atoms with van der Waals surface area (Å²) >= 11 is 2.17. The molecule has 0 unspecified atom stereocenters. The maximum absolute atomic E-state index is 12.4. The summed E-state index contributed by atoms with van der Waals surface area (Å²) in [5.41, 5.74) is 9.39. The van der Waals surface area contributed by atoms with Gasteiger partial charge in [0, 0.05) is 22.3 Å².